The molecule has 5 nitrogen and oxygen atoms in total. The van der Waals surface area contributed by atoms with Crippen molar-refractivity contribution in [3.63, 3.8) is 0 Å². The Morgan fingerprint density at radius 2 is 1.30 bits per heavy atom. The van der Waals surface area contributed by atoms with Gasteiger partial charge in [0.15, 0.2) is 11.5 Å². The van der Waals surface area contributed by atoms with Gasteiger partial charge in [0.25, 0.3) is 5.69 Å². The van der Waals surface area contributed by atoms with E-state index in [0.29, 0.717) is 11.5 Å². The Morgan fingerprint density at radius 1 is 0.870 bits per heavy atom. The molecule has 23 heavy (non-hydrogen) atoms. The lowest BCUT2D eigenvalue weighted by molar-refractivity contribution is -0.384. The molecule has 0 amide bonds. The average molecular weight is 311 g/mol. The van der Waals surface area contributed by atoms with Gasteiger partial charge in [-0.1, -0.05) is 29.8 Å². The van der Waals surface area contributed by atoms with Gasteiger partial charge in [-0.3, -0.25) is 10.1 Å². The molecule has 0 spiro atoms. The number of aryl methyl sites for hydroxylation is 1. The highest BCUT2D eigenvalue weighted by molar-refractivity contribution is 5.86. The number of benzene rings is 2. The minimum atomic E-state index is -0.780. The number of hydrogen-bond donors (Lipinski definition) is 0. The van der Waals surface area contributed by atoms with Crippen LogP contribution in [0.2, 0.25) is 0 Å². The second-order valence-corrected chi connectivity index (χ2v) is 5.93. The smallest absolute Gasteiger partial charge is 0.269 e. The Labute approximate surface area is 134 Å². The van der Waals surface area contributed by atoms with E-state index in [1.54, 1.807) is 12.1 Å². The summed E-state index contributed by atoms with van der Waals surface area (Å²) in [6.45, 7) is 5.69. The molecule has 0 aromatic heterocycles. The van der Waals surface area contributed by atoms with Crippen molar-refractivity contribution in [1.29, 1.82) is 0 Å². The normalized spacial score (nSPS) is 16.0. The van der Waals surface area contributed by atoms with E-state index in [4.69, 9.17) is 9.47 Å². The van der Waals surface area contributed by atoms with Crippen LogP contribution in [0.3, 0.4) is 0 Å². The monoisotopic (exact) mass is 311 g/mol. The maximum atomic E-state index is 10.8. The molecule has 5 heteroatoms. The Morgan fingerprint density at radius 3 is 1.74 bits per heavy atom. The van der Waals surface area contributed by atoms with Crippen LogP contribution >= 0.6 is 0 Å². The first-order valence-electron chi connectivity index (χ1n) is 7.30. The molecule has 1 heterocycles. The molecule has 0 radical (unpaired) electrons. The lowest BCUT2D eigenvalue weighted by atomic mass is 10.1. The first-order chi connectivity index (χ1) is 10.9. The van der Waals surface area contributed by atoms with E-state index in [1.165, 1.54) is 12.1 Å². The van der Waals surface area contributed by atoms with Gasteiger partial charge in [0, 0.05) is 37.1 Å². The fourth-order valence-corrected chi connectivity index (χ4v) is 2.42. The van der Waals surface area contributed by atoms with Crippen LogP contribution in [0.25, 0.3) is 11.5 Å². The van der Waals surface area contributed by atoms with E-state index in [9.17, 15) is 10.1 Å². The molecule has 0 N–H and O–H groups in total. The van der Waals surface area contributed by atoms with Crippen LogP contribution in [0.4, 0.5) is 5.69 Å². The molecule has 0 fully saturated rings. The van der Waals surface area contributed by atoms with E-state index < -0.39 is 10.7 Å². The Hall–Kier alpha value is -2.82. The Kier molecular flexibility index (Phi) is 3.56. The minimum absolute atomic E-state index is 0.0458. The van der Waals surface area contributed by atoms with Crippen molar-refractivity contribution in [3.8, 4) is 0 Å². The molecule has 1 aliphatic rings. The Balaban J connectivity index is 2.06. The molecule has 3 rings (SSSR count). The molecule has 2 aromatic carbocycles. The number of non-ortho nitro benzene ring substituents is 1. The number of rotatable bonds is 3. The zero-order valence-corrected chi connectivity index (χ0v) is 13.2. The predicted molar refractivity (Wildman–Crippen MR) is 87.3 cm³/mol. The number of nitrogens with zero attached hydrogens (tertiary/aromatic N) is 1. The number of nitro groups is 1. The summed E-state index contributed by atoms with van der Waals surface area (Å²) < 4.78 is 11.9. The standard InChI is InChI=1S/C18H17NO4/c1-12-4-6-13(7-5-12)16-17(23-18(2,3)22-16)14-8-10-15(11-9-14)19(20)21/h4-11H,1-3H3. The maximum absolute atomic E-state index is 10.8. The van der Waals surface area contributed by atoms with Crippen molar-refractivity contribution in [2.45, 2.75) is 26.6 Å². The first-order valence-corrected chi connectivity index (χ1v) is 7.30. The van der Waals surface area contributed by atoms with E-state index in [2.05, 4.69) is 0 Å². The summed E-state index contributed by atoms with van der Waals surface area (Å²) in [5.41, 5.74) is 2.86. The second-order valence-electron chi connectivity index (χ2n) is 5.93. The maximum Gasteiger partial charge on any atom is 0.269 e. The van der Waals surface area contributed by atoms with Gasteiger partial charge in [0.1, 0.15) is 0 Å². The number of hydrogen-bond acceptors (Lipinski definition) is 4. The van der Waals surface area contributed by atoms with Crippen LogP contribution in [-0.2, 0) is 9.47 Å². The summed E-state index contributed by atoms with van der Waals surface area (Å²) in [7, 11) is 0. The van der Waals surface area contributed by atoms with Gasteiger partial charge in [-0.05, 0) is 19.1 Å². The fraction of sp³-hybridized carbons (Fsp3) is 0.222. The molecular weight excluding hydrogens is 294 g/mol. The number of nitro benzene ring substituents is 1. The summed E-state index contributed by atoms with van der Waals surface area (Å²) in [4.78, 5) is 10.4. The molecule has 0 bridgehead atoms. The quantitative estimate of drug-likeness (QED) is 0.618. The molecule has 2 aromatic rings. The van der Waals surface area contributed by atoms with Crippen LogP contribution < -0.4 is 0 Å². The van der Waals surface area contributed by atoms with Gasteiger partial charge in [-0.2, -0.15) is 0 Å². The summed E-state index contributed by atoms with van der Waals surface area (Å²) in [6.07, 6.45) is 0. The average Bonchev–Trinajstić information content (AvgIpc) is 2.84. The predicted octanol–water partition coefficient (Wildman–Crippen LogP) is 4.51. The third kappa shape index (κ3) is 3.04. The third-order valence-electron chi connectivity index (χ3n) is 3.56. The molecule has 1 aliphatic heterocycles. The molecule has 0 aliphatic carbocycles. The molecule has 0 saturated heterocycles. The van der Waals surface area contributed by atoms with Crippen LogP contribution in [0.15, 0.2) is 48.5 Å². The van der Waals surface area contributed by atoms with Gasteiger partial charge in [0.05, 0.1) is 4.92 Å². The van der Waals surface area contributed by atoms with Crippen LogP contribution in [0, 0.1) is 17.0 Å². The molecule has 0 atom stereocenters. The second kappa shape index (κ2) is 5.43. The summed E-state index contributed by atoms with van der Waals surface area (Å²) >= 11 is 0. The SMILES string of the molecule is Cc1ccc(C2=C(c3ccc([N+](=O)[O-])cc3)OC(C)(C)O2)cc1. The number of ether oxygens (including phenoxy) is 2. The van der Waals surface area contributed by atoms with Crippen molar-refractivity contribution in [2.24, 2.45) is 0 Å². The van der Waals surface area contributed by atoms with Crippen molar-refractivity contribution >= 4 is 17.2 Å². The summed E-state index contributed by atoms with van der Waals surface area (Å²) in [5.74, 6) is 0.453. The van der Waals surface area contributed by atoms with Crippen molar-refractivity contribution < 1.29 is 14.4 Å². The lowest BCUT2D eigenvalue weighted by Crippen LogP contribution is -2.20. The molecular formula is C18H17NO4. The zero-order chi connectivity index (χ0) is 16.6. The van der Waals surface area contributed by atoms with E-state index in [-0.39, 0.29) is 5.69 Å². The first kappa shape index (κ1) is 15.1. The van der Waals surface area contributed by atoms with Gasteiger partial charge >= 0.3 is 0 Å². The van der Waals surface area contributed by atoms with Crippen molar-refractivity contribution in [2.75, 3.05) is 0 Å². The molecule has 118 valence electrons. The van der Waals surface area contributed by atoms with Crippen LogP contribution in [0.1, 0.15) is 30.5 Å². The zero-order valence-electron chi connectivity index (χ0n) is 13.2. The molecule has 0 saturated carbocycles. The fourth-order valence-electron chi connectivity index (χ4n) is 2.42. The van der Waals surface area contributed by atoms with Gasteiger partial charge in [-0.25, -0.2) is 0 Å². The minimum Gasteiger partial charge on any atom is -0.448 e. The van der Waals surface area contributed by atoms with Gasteiger partial charge < -0.3 is 9.47 Å². The topological polar surface area (TPSA) is 61.6 Å². The highest BCUT2D eigenvalue weighted by Crippen LogP contribution is 2.41. The van der Waals surface area contributed by atoms with Crippen LogP contribution in [-0.4, -0.2) is 10.7 Å². The largest absolute Gasteiger partial charge is 0.448 e. The van der Waals surface area contributed by atoms with Crippen molar-refractivity contribution in [3.05, 3.63) is 75.3 Å². The molecule has 0 unspecified atom stereocenters. The highest BCUT2D eigenvalue weighted by Gasteiger charge is 2.35. The summed E-state index contributed by atoms with van der Waals surface area (Å²) in [5, 5.41) is 10.8. The van der Waals surface area contributed by atoms with Crippen LogP contribution in [0.5, 0.6) is 0 Å². The highest BCUT2D eigenvalue weighted by atomic mass is 16.7. The van der Waals surface area contributed by atoms with E-state index in [0.717, 1.165) is 16.7 Å². The Bertz CT molecular complexity index is 774. The van der Waals surface area contributed by atoms with Gasteiger partial charge in [-0.15, -0.1) is 0 Å². The van der Waals surface area contributed by atoms with E-state index >= 15 is 0 Å². The van der Waals surface area contributed by atoms with Crippen molar-refractivity contribution in [1.82, 2.24) is 0 Å². The lowest BCUT2D eigenvalue weighted by Gasteiger charge is -2.19. The third-order valence-corrected chi connectivity index (χ3v) is 3.56. The van der Waals surface area contributed by atoms with Gasteiger partial charge in [0.2, 0.25) is 5.79 Å². The van der Waals surface area contributed by atoms with E-state index in [1.807, 2.05) is 45.0 Å². The summed E-state index contributed by atoms with van der Waals surface area (Å²) in [6, 6.07) is 14.2.